The number of piperidine rings is 1. The quantitative estimate of drug-likeness (QED) is 0.695. The lowest BCUT2D eigenvalue weighted by atomic mass is 9.81. The van der Waals surface area contributed by atoms with Crippen LogP contribution in [-0.4, -0.2) is 48.3 Å². The molecule has 0 aliphatic carbocycles. The highest BCUT2D eigenvalue weighted by molar-refractivity contribution is 5.42. The molecule has 4 rings (SSSR count). The Bertz CT molecular complexity index is 911. The Morgan fingerprint density at radius 2 is 2.13 bits per heavy atom. The molecule has 1 aromatic heterocycles. The lowest BCUT2D eigenvalue weighted by Crippen LogP contribution is -2.36. The average molecular weight is 408 g/mol. The Morgan fingerprint density at radius 1 is 1.27 bits per heavy atom. The van der Waals surface area contributed by atoms with Crippen molar-refractivity contribution in [2.75, 3.05) is 32.6 Å². The number of hydrogen-bond acceptors (Lipinski definition) is 8. The third kappa shape index (κ3) is 4.38. The molecule has 3 N–H and O–H groups in total. The molecule has 3 heterocycles. The molecule has 0 bridgehead atoms. The van der Waals surface area contributed by atoms with Gasteiger partial charge in [-0.2, -0.15) is 5.26 Å². The zero-order chi connectivity index (χ0) is 21.1. The maximum absolute atomic E-state index is 8.84. The van der Waals surface area contributed by atoms with E-state index in [-0.39, 0.29) is 12.2 Å². The third-order valence-electron chi connectivity index (χ3n) is 6.16. The second-order valence-electron chi connectivity index (χ2n) is 8.31. The number of benzene rings is 1. The Balaban J connectivity index is 1.44. The monoisotopic (exact) mass is 407 g/mol. The molecule has 30 heavy (non-hydrogen) atoms. The molecular weight excluding hydrogens is 378 g/mol. The summed E-state index contributed by atoms with van der Waals surface area (Å²) in [5.41, 5.74) is 9.44. The summed E-state index contributed by atoms with van der Waals surface area (Å²) < 4.78 is 5.77. The van der Waals surface area contributed by atoms with Gasteiger partial charge in [0.1, 0.15) is 17.6 Å². The Hall–Kier alpha value is -2.73. The van der Waals surface area contributed by atoms with Crippen molar-refractivity contribution in [3.63, 3.8) is 0 Å². The number of aromatic nitrogens is 2. The number of methoxy groups -OCH3 is 1. The van der Waals surface area contributed by atoms with E-state index in [0.29, 0.717) is 23.3 Å². The Kier molecular flexibility index (Phi) is 6.13. The van der Waals surface area contributed by atoms with Crippen molar-refractivity contribution in [1.82, 2.24) is 25.7 Å². The fraction of sp³-hybridized carbons (Fsp3) is 0.500. The number of nitriles is 1. The molecule has 158 valence electrons. The number of nitrogens with zero attached hydrogens (tertiary/aromatic N) is 4. The highest BCUT2D eigenvalue weighted by atomic mass is 16.5. The smallest absolute Gasteiger partial charge is 0.158 e. The zero-order valence-electron chi connectivity index (χ0n) is 17.7. The summed E-state index contributed by atoms with van der Waals surface area (Å²) in [6.45, 7) is 4.61. The summed E-state index contributed by atoms with van der Waals surface area (Å²) in [6.07, 6.45) is 5.04. The fourth-order valence-electron chi connectivity index (χ4n) is 4.59. The topological polar surface area (TPSA) is 98.1 Å². The minimum atomic E-state index is -0.00415. The Morgan fingerprint density at radius 3 is 2.83 bits per heavy atom. The van der Waals surface area contributed by atoms with Crippen LogP contribution >= 0.6 is 0 Å². The molecule has 4 atom stereocenters. The van der Waals surface area contributed by atoms with Gasteiger partial charge in [0.15, 0.2) is 5.69 Å². The molecule has 2 aromatic rings. The minimum Gasteiger partial charge on any atom is -0.496 e. The van der Waals surface area contributed by atoms with Gasteiger partial charge in [-0.05, 0) is 43.5 Å². The van der Waals surface area contributed by atoms with Crippen molar-refractivity contribution in [2.24, 2.45) is 5.92 Å². The normalized spacial score (nSPS) is 26.9. The van der Waals surface area contributed by atoms with Gasteiger partial charge in [0.2, 0.25) is 0 Å². The first-order chi connectivity index (χ1) is 14.6. The van der Waals surface area contributed by atoms with E-state index in [1.165, 1.54) is 18.2 Å². The van der Waals surface area contributed by atoms with E-state index in [1.54, 1.807) is 13.3 Å². The summed E-state index contributed by atoms with van der Waals surface area (Å²) in [6, 6.07) is 8.77. The molecule has 2 unspecified atom stereocenters. The molecule has 1 aromatic carbocycles. The van der Waals surface area contributed by atoms with Crippen LogP contribution in [0.15, 0.2) is 30.6 Å². The standard InChI is InChI=1S/C22H29N7O/c1-14-13-29(2)7-6-17(14)15-4-5-18(20(8-15)30-3)19-9-21(28-27-19)26-22-12-24-16(10-23)11-25-22/h4-5,8,11-12,14,17,19,21,27-28H,6-7,9,13H2,1-3H3,(H,25,26)/t14-,17-,19?,21?/m0/s1. The molecule has 0 radical (unpaired) electrons. The number of ether oxygens (including phenoxy) is 1. The van der Waals surface area contributed by atoms with Crippen molar-refractivity contribution >= 4 is 5.82 Å². The fourth-order valence-corrected chi connectivity index (χ4v) is 4.59. The van der Waals surface area contributed by atoms with E-state index in [2.05, 4.69) is 63.2 Å². The largest absolute Gasteiger partial charge is 0.496 e. The molecular formula is C22H29N7O. The summed E-state index contributed by atoms with van der Waals surface area (Å²) in [5, 5.41) is 12.1. The van der Waals surface area contributed by atoms with Crippen LogP contribution in [0.2, 0.25) is 0 Å². The van der Waals surface area contributed by atoms with E-state index in [4.69, 9.17) is 10.00 Å². The number of anilines is 1. The van der Waals surface area contributed by atoms with E-state index in [1.807, 2.05) is 6.07 Å². The predicted octanol–water partition coefficient (Wildman–Crippen LogP) is 2.39. The third-order valence-corrected chi connectivity index (χ3v) is 6.16. The Labute approximate surface area is 177 Å². The van der Waals surface area contributed by atoms with Crippen LogP contribution in [0.5, 0.6) is 5.75 Å². The van der Waals surface area contributed by atoms with Crippen LogP contribution in [0.1, 0.15) is 48.5 Å². The van der Waals surface area contributed by atoms with Gasteiger partial charge in [-0.3, -0.25) is 0 Å². The van der Waals surface area contributed by atoms with Crippen LogP contribution in [0.25, 0.3) is 0 Å². The molecule has 2 saturated heterocycles. The highest BCUT2D eigenvalue weighted by Crippen LogP contribution is 2.37. The summed E-state index contributed by atoms with van der Waals surface area (Å²) in [4.78, 5) is 10.7. The minimum absolute atomic E-state index is 0.00415. The van der Waals surface area contributed by atoms with Gasteiger partial charge in [0.25, 0.3) is 0 Å². The number of likely N-dealkylation sites (tertiary alicyclic amines) is 1. The molecule has 0 amide bonds. The van der Waals surface area contributed by atoms with E-state index in [0.717, 1.165) is 30.8 Å². The van der Waals surface area contributed by atoms with Crippen molar-refractivity contribution in [2.45, 2.75) is 37.9 Å². The first-order valence-electron chi connectivity index (χ1n) is 10.4. The van der Waals surface area contributed by atoms with Crippen LogP contribution in [0, 0.1) is 17.2 Å². The molecule has 8 nitrogen and oxygen atoms in total. The molecule has 8 heteroatoms. The molecule has 0 saturated carbocycles. The van der Waals surface area contributed by atoms with E-state index in [9.17, 15) is 0 Å². The number of nitrogens with one attached hydrogen (secondary N) is 3. The SMILES string of the molecule is COc1cc([C@H]2CCN(C)C[C@@H]2C)ccc1C1CC(Nc2cnc(C#N)cn2)NN1. The van der Waals surface area contributed by atoms with Gasteiger partial charge in [-0.25, -0.2) is 20.8 Å². The average Bonchev–Trinajstić information content (AvgIpc) is 3.22. The van der Waals surface area contributed by atoms with Gasteiger partial charge >= 0.3 is 0 Å². The number of hydrazine groups is 1. The van der Waals surface area contributed by atoms with Gasteiger partial charge in [0.05, 0.1) is 31.7 Å². The van der Waals surface area contributed by atoms with Crippen LogP contribution in [0.3, 0.4) is 0 Å². The molecule has 2 fully saturated rings. The summed E-state index contributed by atoms with van der Waals surface area (Å²) in [7, 11) is 3.94. The first kappa shape index (κ1) is 20.5. The van der Waals surface area contributed by atoms with Gasteiger partial charge in [0, 0.05) is 18.5 Å². The predicted molar refractivity (Wildman–Crippen MR) is 115 cm³/mol. The van der Waals surface area contributed by atoms with Crippen molar-refractivity contribution in [1.29, 1.82) is 5.26 Å². The lowest BCUT2D eigenvalue weighted by Gasteiger charge is -2.35. The molecule has 2 aliphatic heterocycles. The maximum atomic E-state index is 8.84. The summed E-state index contributed by atoms with van der Waals surface area (Å²) in [5.74, 6) is 2.76. The van der Waals surface area contributed by atoms with Gasteiger partial charge in [-0.1, -0.05) is 19.1 Å². The first-order valence-corrected chi connectivity index (χ1v) is 10.4. The second kappa shape index (κ2) is 8.96. The van der Waals surface area contributed by atoms with Crippen molar-refractivity contribution < 1.29 is 4.74 Å². The summed E-state index contributed by atoms with van der Waals surface area (Å²) >= 11 is 0. The van der Waals surface area contributed by atoms with Gasteiger partial charge in [-0.15, -0.1) is 0 Å². The number of hydrogen-bond donors (Lipinski definition) is 3. The van der Waals surface area contributed by atoms with E-state index < -0.39 is 0 Å². The van der Waals surface area contributed by atoms with Gasteiger partial charge < -0.3 is 15.0 Å². The van der Waals surface area contributed by atoms with Crippen LogP contribution in [0.4, 0.5) is 5.82 Å². The molecule has 2 aliphatic rings. The van der Waals surface area contributed by atoms with Crippen molar-refractivity contribution in [3.05, 3.63) is 47.4 Å². The maximum Gasteiger partial charge on any atom is 0.158 e. The second-order valence-corrected chi connectivity index (χ2v) is 8.31. The number of rotatable bonds is 5. The highest BCUT2D eigenvalue weighted by Gasteiger charge is 2.30. The van der Waals surface area contributed by atoms with Crippen LogP contribution in [-0.2, 0) is 0 Å². The lowest BCUT2D eigenvalue weighted by molar-refractivity contribution is 0.195. The van der Waals surface area contributed by atoms with Crippen molar-refractivity contribution in [3.8, 4) is 11.8 Å². The van der Waals surface area contributed by atoms with E-state index >= 15 is 0 Å². The van der Waals surface area contributed by atoms with Crippen LogP contribution < -0.4 is 20.9 Å². The molecule has 0 spiro atoms. The zero-order valence-corrected chi connectivity index (χ0v) is 17.7.